The maximum Gasteiger partial charge on any atom is 0.253 e. The summed E-state index contributed by atoms with van der Waals surface area (Å²) < 4.78 is 1.98. The van der Waals surface area contributed by atoms with Gasteiger partial charge in [0.15, 0.2) is 0 Å². The van der Waals surface area contributed by atoms with Crippen molar-refractivity contribution < 1.29 is 9.59 Å². The lowest BCUT2D eigenvalue weighted by Gasteiger charge is -2.13. The minimum absolute atomic E-state index is 0.172. The largest absolute Gasteiger partial charge is 0.352 e. The number of para-hydroxylation sites is 2. The second-order valence-corrected chi connectivity index (χ2v) is 7.52. The molecule has 0 aliphatic heterocycles. The summed E-state index contributed by atoms with van der Waals surface area (Å²) >= 11 is 0. The van der Waals surface area contributed by atoms with Crippen LogP contribution in [0.3, 0.4) is 0 Å². The molecule has 0 aliphatic rings. The summed E-state index contributed by atoms with van der Waals surface area (Å²) in [5.41, 5.74) is 4.17. The van der Waals surface area contributed by atoms with Crippen molar-refractivity contribution in [2.24, 2.45) is 0 Å². The zero-order valence-corrected chi connectivity index (χ0v) is 17.5. The highest BCUT2D eigenvalue weighted by Gasteiger charge is 2.14. The van der Waals surface area contributed by atoms with Crippen molar-refractivity contribution in [3.05, 3.63) is 102 Å². The van der Waals surface area contributed by atoms with E-state index in [2.05, 4.69) is 16.7 Å². The monoisotopic (exact) mass is 411 g/mol. The van der Waals surface area contributed by atoms with Crippen LogP contribution in [0.5, 0.6) is 0 Å². The molecule has 2 amide bonds. The van der Waals surface area contributed by atoms with Crippen LogP contribution in [0, 0.1) is 6.92 Å². The van der Waals surface area contributed by atoms with Gasteiger partial charge in [0, 0.05) is 17.8 Å². The van der Waals surface area contributed by atoms with Crippen molar-refractivity contribution in [1.82, 2.24) is 9.88 Å². The number of nitrogens with zero attached hydrogens (tertiary/aromatic N) is 1. The fraction of sp³-hybridized carbons (Fsp3) is 0.154. The maximum absolute atomic E-state index is 12.8. The van der Waals surface area contributed by atoms with Gasteiger partial charge in [0.1, 0.15) is 6.54 Å². The number of aromatic nitrogens is 1. The number of hydrogen-bond donors (Lipinski definition) is 2. The van der Waals surface area contributed by atoms with Gasteiger partial charge in [0.25, 0.3) is 5.91 Å². The van der Waals surface area contributed by atoms with E-state index in [0.29, 0.717) is 17.8 Å². The first-order valence-corrected chi connectivity index (χ1v) is 10.4. The fourth-order valence-corrected chi connectivity index (χ4v) is 3.74. The van der Waals surface area contributed by atoms with Crippen LogP contribution in [0.1, 0.15) is 21.6 Å². The Hall–Kier alpha value is -3.86. The molecule has 0 saturated heterocycles. The third-order valence-electron chi connectivity index (χ3n) is 5.31. The number of aryl methyl sites for hydroxylation is 1. The minimum atomic E-state index is -0.200. The Labute approximate surface area is 181 Å². The SMILES string of the molecule is Cc1cc2ccccc2n1CC(=O)Nc1ccccc1C(=O)NCCc1ccccc1. The standard InChI is InChI=1S/C26H25N3O2/c1-19-17-21-11-5-8-14-24(21)29(19)18-25(30)28-23-13-7-6-12-22(23)26(31)27-16-15-20-9-3-2-4-10-20/h2-14,17H,15-16,18H2,1H3,(H,27,31)(H,28,30). The molecule has 0 fully saturated rings. The number of rotatable bonds is 7. The highest BCUT2D eigenvalue weighted by molar-refractivity contribution is 6.03. The lowest BCUT2D eigenvalue weighted by Crippen LogP contribution is -2.27. The normalized spacial score (nSPS) is 10.7. The van der Waals surface area contributed by atoms with Gasteiger partial charge in [-0.05, 0) is 48.6 Å². The Morgan fingerprint density at radius 3 is 2.42 bits per heavy atom. The number of amides is 2. The van der Waals surface area contributed by atoms with Gasteiger partial charge in [0.2, 0.25) is 5.91 Å². The van der Waals surface area contributed by atoms with Crippen molar-refractivity contribution >= 4 is 28.4 Å². The van der Waals surface area contributed by atoms with E-state index in [9.17, 15) is 9.59 Å². The van der Waals surface area contributed by atoms with Crippen molar-refractivity contribution in [3.8, 4) is 0 Å². The number of fused-ring (bicyclic) bond motifs is 1. The summed E-state index contributed by atoms with van der Waals surface area (Å²) in [4.78, 5) is 25.5. The molecule has 0 spiro atoms. The van der Waals surface area contributed by atoms with Crippen LogP contribution in [0.4, 0.5) is 5.69 Å². The van der Waals surface area contributed by atoms with Crippen molar-refractivity contribution in [1.29, 1.82) is 0 Å². The molecule has 2 N–H and O–H groups in total. The van der Waals surface area contributed by atoms with Crippen LogP contribution in [0.15, 0.2) is 84.9 Å². The molecule has 0 saturated carbocycles. The molecule has 5 nitrogen and oxygen atoms in total. The Morgan fingerprint density at radius 1 is 0.871 bits per heavy atom. The van der Waals surface area contributed by atoms with Crippen molar-refractivity contribution in [2.45, 2.75) is 19.9 Å². The average molecular weight is 412 g/mol. The molecule has 0 bridgehead atoms. The minimum Gasteiger partial charge on any atom is -0.352 e. The first kappa shape index (κ1) is 20.4. The van der Waals surface area contributed by atoms with Crippen LogP contribution in [-0.2, 0) is 17.8 Å². The first-order valence-electron chi connectivity index (χ1n) is 10.4. The second kappa shape index (κ2) is 9.30. The molecule has 1 aromatic heterocycles. The highest BCUT2D eigenvalue weighted by atomic mass is 16.2. The third-order valence-corrected chi connectivity index (χ3v) is 5.31. The summed E-state index contributed by atoms with van der Waals surface area (Å²) in [6.07, 6.45) is 0.751. The number of carbonyl (C=O) groups excluding carboxylic acids is 2. The molecule has 31 heavy (non-hydrogen) atoms. The topological polar surface area (TPSA) is 63.1 Å². The summed E-state index contributed by atoms with van der Waals surface area (Å²) in [5.74, 6) is -0.372. The van der Waals surface area contributed by atoms with E-state index in [0.717, 1.165) is 23.0 Å². The maximum atomic E-state index is 12.8. The van der Waals surface area contributed by atoms with E-state index in [1.807, 2.05) is 72.2 Å². The number of nitrogens with one attached hydrogen (secondary N) is 2. The molecule has 3 aromatic carbocycles. The van der Waals surface area contributed by atoms with Gasteiger partial charge >= 0.3 is 0 Å². The van der Waals surface area contributed by atoms with Crippen molar-refractivity contribution in [2.75, 3.05) is 11.9 Å². The summed E-state index contributed by atoms with van der Waals surface area (Å²) in [6, 6.07) is 27.2. The van der Waals surface area contributed by atoms with E-state index in [4.69, 9.17) is 0 Å². The molecule has 4 aromatic rings. The van der Waals surface area contributed by atoms with E-state index in [1.54, 1.807) is 18.2 Å². The Balaban J connectivity index is 1.42. The van der Waals surface area contributed by atoms with Gasteiger partial charge in [-0.2, -0.15) is 0 Å². The number of anilines is 1. The van der Waals surface area contributed by atoms with Gasteiger partial charge in [-0.1, -0.05) is 60.7 Å². The van der Waals surface area contributed by atoms with E-state index < -0.39 is 0 Å². The fourth-order valence-electron chi connectivity index (χ4n) is 3.74. The molecule has 5 heteroatoms. The van der Waals surface area contributed by atoms with Crippen molar-refractivity contribution in [3.63, 3.8) is 0 Å². The van der Waals surface area contributed by atoms with Crippen LogP contribution in [0.25, 0.3) is 10.9 Å². The third kappa shape index (κ3) is 4.83. The predicted octanol–water partition coefficient (Wildman–Crippen LogP) is 4.56. The summed E-state index contributed by atoms with van der Waals surface area (Å²) in [5, 5.41) is 6.96. The van der Waals surface area contributed by atoms with Gasteiger partial charge in [-0.3, -0.25) is 9.59 Å². The Kier molecular flexibility index (Phi) is 6.13. The molecular formula is C26H25N3O2. The summed E-state index contributed by atoms with van der Waals surface area (Å²) in [6.45, 7) is 2.70. The molecule has 4 rings (SSSR count). The van der Waals surface area contributed by atoms with E-state index >= 15 is 0 Å². The Morgan fingerprint density at radius 2 is 1.58 bits per heavy atom. The molecule has 0 aliphatic carbocycles. The number of carbonyl (C=O) groups is 2. The molecular weight excluding hydrogens is 386 g/mol. The van der Waals surface area contributed by atoms with E-state index in [-0.39, 0.29) is 18.4 Å². The highest BCUT2D eigenvalue weighted by Crippen LogP contribution is 2.20. The zero-order chi connectivity index (χ0) is 21.6. The number of benzene rings is 3. The smallest absolute Gasteiger partial charge is 0.253 e. The summed E-state index contributed by atoms with van der Waals surface area (Å²) in [7, 11) is 0. The lowest BCUT2D eigenvalue weighted by atomic mass is 10.1. The van der Waals surface area contributed by atoms with E-state index in [1.165, 1.54) is 5.56 Å². The van der Waals surface area contributed by atoms with Crippen LogP contribution >= 0.6 is 0 Å². The molecule has 0 unspecified atom stereocenters. The molecule has 0 radical (unpaired) electrons. The lowest BCUT2D eigenvalue weighted by molar-refractivity contribution is -0.116. The molecule has 0 atom stereocenters. The first-order chi connectivity index (χ1) is 15.1. The molecule has 1 heterocycles. The second-order valence-electron chi connectivity index (χ2n) is 7.52. The average Bonchev–Trinajstić information content (AvgIpc) is 3.10. The van der Waals surface area contributed by atoms with Crippen LogP contribution in [0.2, 0.25) is 0 Å². The van der Waals surface area contributed by atoms with Gasteiger partial charge in [-0.15, -0.1) is 0 Å². The Bertz CT molecular complexity index is 1210. The van der Waals surface area contributed by atoms with Gasteiger partial charge < -0.3 is 15.2 Å². The molecule has 156 valence electrons. The quantitative estimate of drug-likeness (QED) is 0.468. The van der Waals surface area contributed by atoms with Crippen LogP contribution < -0.4 is 10.6 Å². The number of hydrogen-bond acceptors (Lipinski definition) is 2. The predicted molar refractivity (Wildman–Crippen MR) is 124 cm³/mol. The van der Waals surface area contributed by atoms with Crippen LogP contribution in [-0.4, -0.2) is 22.9 Å². The van der Waals surface area contributed by atoms with Gasteiger partial charge in [-0.25, -0.2) is 0 Å². The van der Waals surface area contributed by atoms with Gasteiger partial charge in [0.05, 0.1) is 11.3 Å². The zero-order valence-electron chi connectivity index (χ0n) is 17.5.